The second-order valence-corrected chi connectivity index (χ2v) is 7.45. The summed E-state index contributed by atoms with van der Waals surface area (Å²) in [5, 5.41) is 0. The highest BCUT2D eigenvalue weighted by atomic mass is 16.5. The first-order chi connectivity index (χ1) is 13.8. The zero-order valence-corrected chi connectivity index (χ0v) is 17.4. The molecule has 1 aromatic carbocycles. The van der Waals surface area contributed by atoms with Crippen molar-refractivity contribution in [2.24, 2.45) is 0 Å². The Balaban J connectivity index is 1.75. The lowest BCUT2D eigenvalue weighted by Crippen LogP contribution is -2.25. The summed E-state index contributed by atoms with van der Waals surface area (Å²) in [6, 6.07) is 5.60. The molecule has 0 amide bonds. The van der Waals surface area contributed by atoms with E-state index in [9.17, 15) is 14.4 Å². The quantitative estimate of drug-likeness (QED) is 0.585. The van der Waals surface area contributed by atoms with Crippen LogP contribution in [0, 0.1) is 13.8 Å². The Morgan fingerprint density at radius 3 is 2.45 bits per heavy atom. The highest BCUT2D eigenvalue weighted by Crippen LogP contribution is 2.24. The number of hydrogen-bond acceptors (Lipinski definition) is 5. The number of H-pyrrole nitrogens is 1. The predicted octanol–water partition coefficient (Wildman–Crippen LogP) is 4.12. The molecule has 6 heteroatoms. The third kappa shape index (κ3) is 4.26. The van der Waals surface area contributed by atoms with Crippen molar-refractivity contribution >= 4 is 17.7 Å². The van der Waals surface area contributed by atoms with E-state index in [1.54, 1.807) is 26.8 Å². The smallest absolute Gasteiger partial charge is 0.340 e. The minimum atomic E-state index is -0.981. The zero-order valence-electron chi connectivity index (χ0n) is 17.4. The lowest BCUT2D eigenvalue weighted by molar-refractivity contribution is 0.0316. The Morgan fingerprint density at radius 2 is 1.76 bits per heavy atom. The number of aromatic amines is 1. The Morgan fingerprint density at radius 1 is 1.07 bits per heavy atom. The van der Waals surface area contributed by atoms with Crippen LogP contribution in [0.5, 0.6) is 0 Å². The van der Waals surface area contributed by atoms with E-state index < -0.39 is 18.0 Å². The van der Waals surface area contributed by atoms with Crippen molar-refractivity contribution < 1.29 is 23.9 Å². The van der Waals surface area contributed by atoms with E-state index in [-0.39, 0.29) is 18.1 Å². The maximum atomic E-state index is 12.9. The topological polar surface area (TPSA) is 85.5 Å². The summed E-state index contributed by atoms with van der Waals surface area (Å²) < 4.78 is 10.5. The third-order valence-electron chi connectivity index (χ3n) is 5.40. The molecule has 0 radical (unpaired) electrons. The van der Waals surface area contributed by atoms with Gasteiger partial charge in [-0.1, -0.05) is 6.07 Å². The van der Waals surface area contributed by atoms with Gasteiger partial charge in [0.2, 0.25) is 5.78 Å². The van der Waals surface area contributed by atoms with Gasteiger partial charge in [-0.3, -0.25) is 4.79 Å². The van der Waals surface area contributed by atoms with Crippen LogP contribution in [-0.2, 0) is 22.3 Å². The number of benzene rings is 1. The summed E-state index contributed by atoms with van der Waals surface area (Å²) in [4.78, 5) is 40.5. The first-order valence-electron chi connectivity index (χ1n) is 10.1. The van der Waals surface area contributed by atoms with Crippen LogP contribution in [0.4, 0.5) is 0 Å². The number of ether oxygens (including phenoxy) is 2. The number of aromatic nitrogens is 1. The van der Waals surface area contributed by atoms with E-state index >= 15 is 0 Å². The molecule has 0 aliphatic heterocycles. The number of esters is 2. The van der Waals surface area contributed by atoms with Gasteiger partial charge >= 0.3 is 11.9 Å². The summed E-state index contributed by atoms with van der Waals surface area (Å²) in [5.41, 5.74) is 4.58. The average Bonchev–Trinajstić information content (AvgIpc) is 3.01. The largest absolute Gasteiger partial charge is 0.462 e. The second kappa shape index (κ2) is 8.64. The lowest BCUT2D eigenvalue weighted by atomic mass is 9.90. The second-order valence-electron chi connectivity index (χ2n) is 7.45. The van der Waals surface area contributed by atoms with Crippen LogP contribution >= 0.6 is 0 Å². The monoisotopic (exact) mass is 397 g/mol. The van der Waals surface area contributed by atoms with Gasteiger partial charge in [0.25, 0.3) is 0 Å². The van der Waals surface area contributed by atoms with Gasteiger partial charge in [0.05, 0.1) is 23.4 Å². The molecule has 1 N–H and O–H groups in total. The standard InChI is InChI=1S/C23H27NO5/c1-5-28-23(27)19-13(2)20(24-14(19)3)21(25)15(4)29-22(26)18-11-10-16-8-6-7-9-17(16)12-18/h10-12,15,24H,5-9H2,1-4H3/t15-/m1/s1. The molecule has 0 bridgehead atoms. The molecule has 1 aliphatic rings. The van der Waals surface area contributed by atoms with E-state index in [0.29, 0.717) is 22.4 Å². The minimum Gasteiger partial charge on any atom is -0.462 e. The van der Waals surface area contributed by atoms with Crippen molar-refractivity contribution in [3.05, 3.63) is 57.4 Å². The zero-order chi connectivity index (χ0) is 21.1. The molecule has 29 heavy (non-hydrogen) atoms. The molecule has 1 aromatic heterocycles. The van der Waals surface area contributed by atoms with E-state index in [1.807, 2.05) is 12.1 Å². The fourth-order valence-electron chi connectivity index (χ4n) is 3.85. The van der Waals surface area contributed by atoms with Crippen molar-refractivity contribution in [2.45, 2.75) is 59.5 Å². The molecule has 1 aliphatic carbocycles. The number of rotatable bonds is 6. The molecular formula is C23H27NO5. The van der Waals surface area contributed by atoms with Crippen LogP contribution in [-0.4, -0.2) is 35.4 Å². The maximum Gasteiger partial charge on any atom is 0.340 e. The average molecular weight is 397 g/mol. The molecule has 0 spiro atoms. The molecule has 2 aromatic rings. The molecule has 0 fully saturated rings. The van der Waals surface area contributed by atoms with Gasteiger partial charge in [0.1, 0.15) is 0 Å². The highest BCUT2D eigenvalue weighted by Gasteiger charge is 2.28. The van der Waals surface area contributed by atoms with Gasteiger partial charge in [0.15, 0.2) is 6.10 Å². The summed E-state index contributed by atoms with van der Waals surface area (Å²) in [5.74, 6) is -1.38. The van der Waals surface area contributed by atoms with E-state index in [1.165, 1.54) is 24.5 Å². The van der Waals surface area contributed by atoms with Crippen LogP contribution in [0.1, 0.15) is 80.3 Å². The maximum absolute atomic E-state index is 12.9. The van der Waals surface area contributed by atoms with Crippen LogP contribution in [0.15, 0.2) is 18.2 Å². The fourth-order valence-corrected chi connectivity index (χ4v) is 3.85. The number of carbonyl (C=O) groups excluding carboxylic acids is 3. The van der Waals surface area contributed by atoms with Crippen molar-refractivity contribution in [3.8, 4) is 0 Å². The van der Waals surface area contributed by atoms with E-state index in [4.69, 9.17) is 9.47 Å². The van der Waals surface area contributed by atoms with Crippen LogP contribution in [0.25, 0.3) is 0 Å². The number of carbonyl (C=O) groups is 3. The molecule has 1 atom stereocenters. The highest BCUT2D eigenvalue weighted by molar-refractivity contribution is 6.04. The minimum absolute atomic E-state index is 0.251. The van der Waals surface area contributed by atoms with E-state index in [2.05, 4.69) is 4.98 Å². The Hall–Kier alpha value is -2.89. The van der Waals surface area contributed by atoms with Crippen LogP contribution in [0.2, 0.25) is 0 Å². The van der Waals surface area contributed by atoms with Gasteiger partial charge in [-0.05, 0) is 82.2 Å². The first kappa shape index (κ1) is 20.8. The van der Waals surface area contributed by atoms with Crippen molar-refractivity contribution in [2.75, 3.05) is 6.61 Å². The molecular weight excluding hydrogens is 370 g/mol. The lowest BCUT2D eigenvalue weighted by Gasteiger charge is -2.17. The molecule has 0 saturated carbocycles. The van der Waals surface area contributed by atoms with Gasteiger partial charge in [-0.15, -0.1) is 0 Å². The Kier molecular flexibility index (Phi) is 6.20. The van der Waals surface area contributed by atoms with Crippen molar-refractivity contribution in [3.63, 3.8) is 0 Å². The van der Waals surface area contributed by atoms with Crippen LogP contribution in [0.3, 0.4) is 0 Å². The predicted molar refractivity (Wildman–Crippen MR) is 109 cm³/mol. The van der Waals surface area contributed by atoms with Crippen molar-refractivity contribution in [1.82, 2.24) is 4.98 Å². The molecule has 1 heterocycles. The summed E-state index contributed by atoms with van der Waals surface area (Å²) in [6.07, 6.45) is 3.31. The Bertz CT molecular complexity index is 956. The number of nitrogens with one attached hydrogen (secondary N) is 1. The summed E-state index contributed by atoms with van der Waals surface area (Å²) >= 11 is 0. The normalized spacial score (nSPS) is 14.1. The third-order valence-corrected chi connectivity index (χ3v) is 5.40. The van der Waals surface area contributed by atoms with Gasteiger partial charge < -0.3 is 14.5 Å². The summed E-state index contributed by atoms with van der Waals surface area (Å²) in [6.45, 7) is 6.91. The van der Waals surface area contributed by atoms with Gasteiger partial charge in [0, 0.05) is 5.69 Å². The SMILES string of the molecule is CCOC(=O)c1c(C)[nH]c(C(=O)[C@@H](C)OC(=O)c2ccc3c(c2)CCCC3)c1C. The number of hydrogen-bond donors (Lipinski definition) is 1. The number of aryl methyl sites for hydroxylation is 3. The molecule has 0 saturated heterocycles. The number of fused-ring (bicyclic) bond motifs is 1. The van der Waals surface area contributed by atoms with Crippen LogP contribution < -0.4 is 0 Å². The molecule has 3 rings (SSSR count). The van der Waals surface area contributed by atoms with Crippen molar-refractivity contribution in [1.29, 1.82) is 0 Å². The first-order valence-corrected chi connectivity index (χ1v) is 10.1. The van der Waals surface area contributed by atoms with Gasteiger partial charge in [-0.25, -0.2) is 9.59 Å². The number of ketones is 1. The fraction of sp³-hybridized carbons (Fsp3) is 0.435. The van der Waals surface area contributed by atoms with Gasteiger partial charge in [-0.2, -0.15) is 0 Å². The molecule has 0 unspecified atom stereocenters. The molecule has 154 valence electrons. The number of Topliss-reactive ketones (excluding diaryl/α,β-unsaturated/α-hetero) is 1. The summed E-state index contributed by atoms with van der Waals surface area (Å²) in [7, 11) is 0. The Labute approximate surface area is 170 Å². The molecule has 6 nitrogen and oxygen atoms in total. The van der Waals surface area contributed by atoms with E-state index in [0.717, 1.165) is 19.3 Å².